The summed E-state index contributed by atoms with van der Waals surface area (Å²) in [4.78, 5) is 25.5. The Kier molecular flexibility index (Phi) is 5.86. The van der Waals surface area contributed by atoms with E-state index >= 15 is 0 Å². The van der Waals surface area contributed by atoms with Crippen LogP contribution in [0.15, 0.2) is 30.4 Å². The highest BCUT2D eigenvalue weighted by molar-refractivity contribution is 6.42. The monoisotopic (exact) mass is 340 g/mol. The third kappa shape index (κ3) is 4.75. The molecule has 1 aliphatic rings. The van der Waals surface area contributed by atoms with E-state index in [2.05, 4.69) is 17.5 Å². The minimum absolute atomic E-state index is 0.00944. The molecule has 0 heterocycles. The molecule has 0 aromatic heterocycles. The van der Waals surface area contributed by atoms with Gasteiger partial charge >= 0.3 is 0 Å². The van der Waals surface area contributed by atoms with E-state index in [-0.39, 0.29) is 18.4 Å². The van der Waals surface area contributed by atoms with Crippen LogP contribution < -0.4 is 5.32 Å². The summed E-state index contributed by atoms with van der Waals surface area (Å²) in [6.45, 7) is 0.00944. The third-order valence-electron chi connectivity index (χ3n) is 3.56. The Labute approximate surface area is 140 Å². The average Bonchev–Trinajstić information content (AvgIpc) is 2.95. The number of allylic oxidation sites excluding steroid dienone is 2. The zero-order valence-corrected chi connectivity index (χ0v) is 13.8. The van der Waals surface area contributed by atoms with Crippen molar-refractivity contribution in [2.75, 3.05) is 18.9 Å². The second-order valence-corrected chi connectivity index (χ2v) is 6.21. The van der Waals surface area contributed by atoms with E-state index < -0.39 is 0 Å². The molecule has 0 unspecified atom stereocenters. The molecular formula is C16H18Cl2N2O2. The van der Waals surface area contributed by atoms with Crippen molar-refractivity contribution in [3.05, 3.63) is 40.4 Å². The van der Waals surface area contributed by atoms with Gasteiger partial charge in [-0.15, -0.1) is 0 Å². The first-order chi connectivity index (χ1) is 10.5. The molecule has 0 aliphatic heterocycles. The van der Waals surface area contributed by atoms with Crippen molar-refractivity contribution in [1.29, 1.82) is 0 Å². The highest BCUT2D eigenvalue weighted by Gasteiger charge is 2.18. The number of likely N-dealkylation sites (N-methyl/N-ethyl adjacent to an activating group) is 1. The molecule has 2 amide bonds. The molecule has 0 fully saturated rings. The van der Waals surface area contributed by atoms with Crippen LogP contribution in [-0.4, -0.2) is 30.3 Å². The van der Waals surface area contributed by atoms with Crippen molar-refractivity contribution in [2.45, 2.75) is 19.3 Å². The minimum atomic E-state index is -0.267. The number of carbonyl (C=O) groups excluding carboxylic acids is 2. The lowest BCUT2D eigenvalue weighted by atomic mass is 10.0. The molecule has 22 heavy (non-hydrogen) atoms. The SMILES string of the molecule is CN(CC(=O)Nc1ccc(Cl)c(Cl)c1)C(=O)C[C@@H]1C=CCC1. The molecular weight excluding hydrogens is 323 g/mol. The summed E-state index contributed by atoms with van der Waals surface area (Å²) < 4.78 is 0. The van der Waals surface area contributed by atoms with Crippen LogP contribution in [0.3, 0.4) is 0 Å². The second kappa shape index (κ2) is 7.65. The molecule has 1 N–H and O–H groups in total. The molecule has 0 saturated heterocycles. The van der Waals surface area contributed by atoms with Crippen molar-refractivity contribution in [3.63, 3.8) is 0 Å². The van der Waals surface area contributed by atoms with Crippen molar-refractivity contribution in [3.8, 4) is 0 Å². The molecule has 6 heteroatoms. The van der Waals surface area contributed by atoms with Crippen LogP contribution in [0.25, 0.3) is 0 Å². The number of halogens is 2. The lowest BCUT2D eigenvalue weighted by Gasteiger charge is -2.18. The van der Waals surface area contributed by atoms with E-state index in [0.29, 0.717) is 28.1 Å². The normalized spacial score (nSPS) is 16.6. The zero-order chi connectivity index (χ0) is 16.1. The average molecular weight is 341 g/mol. The van der Waals surface area contributed by atoms with E-state index in [9.17, 15) is 9.59 Å². The number of anilines is 1. The van der Waals surface area contributed by atoms with E-state index in [1.54, 1.807) is 25.2 Å². The van der Waals surface area contributed by atoms with Gasteiger partial charge in [0.05, 0.1) is 16.6 Å². The van der Waals surface area contributed by atoms with Crippen molar-refractivity contribution in [2.24, 2.45) is 5.92 Å². The molecule has 0 spiro atoms. The van der Waals surface area contributed by atoms with Crippen LogP contribution in [0.5, 0.6) is 0 Å². The van der Waals surface area contributed by atoms with E-state index in [4.69, 9.17) is 23.2 Å². The van der Waals surface area contributed by atoms with Crippen LogP contribution in [-0.2, 0) is 9.59 Å². The van der Waals surface area contributed by atoms with E-state index in [1.165, 1.54) is 4.90 Å². The second-order valence-electron chi connectivity index (χ2n) is 5.40. The predicted octanol–water partition coefficient (Wildman–Crippen LogP) is 3.75. The number of amides is 2. The molecule has 1 aliphatic carbocycles. The minimum Gasteiger partial charge on any atom is -0.336 e. The standard InChI is InChI=1S/C16H18Cl2N2O2/c1-20(16(22)8-11-4-2-3-5-11)10-15(21)19-12-6-7-13(17)14(18)9-12/h2,4,6-7,9,11H,3,5,8,10H2,1H3,(H,19,21)/t11-/m1/s1. The van der Waals surface area contributed by atoms with Gasteiger partial charge in [0.1, 0.15) is 0 Å². The first-order valence-electron chi connectivity index (χ1n) is 7.11. The maximum absolute atomic E-state index is 12.1. The molecule has 2 rings (SSSR count). The summed E-state index contributed by atoms with van der Waals surface area (Å²) in [6.07, 6.45) is 6.65. The molecule has 0 radical (unpaired) electrons. The molecule has 1 atom stereocenters. The summed E-state index contributed by atoms with van der Waals surface area (Å²) in [5.41, 5.74) is 0.555. The summed E-state index contributed by atoms with van der Waals surface area (Å²) in [5, 5.41) is 3.50. The van der Waals surface area contributed by atoms with Gasteiger partial charge in [0, 0.05) is 19.2 Å². The molecule has 118 valence electrons. The third-order valence-corrected chi connectivity index (χ3v) is 4.30. The van der Waals surface area contributed by atoms with Crippen LogP contribution in [0.1, 0.15) is 19.3 Å². The van der Waals surface area contributed by atoms with E-state index in [0.717, 1.165) is 12.8 Å². The number of rotatable bonds is 5. The van der Waals surface area contributed by atoms with Gasteiger partial charge in [-0.2, -0.15) is 0 Å². The first kappa shape index (κ1) is 16.8. The quantitative estimate of drug-likeness (QED) is 0.830. The summed E-state index contributed by atoms with van der Waals surface area (Å²) in [6, 6.07) is 4.85. The highest BCUT2D eigenvalue weighted by Crippen LogP contribution is 2.25. The molecule has 0 saturated carbocycles. The van der Waals surface area contributed by atoms with Crippen molar-refractivity contribution in [1.82, 2.24) is 4.90 Å². The number of benzene rings is 1. The van der Waals surface area contributed by atoms with Gasteiger partial charge in [0.15, 0.2) is 0 Å². The fraction of sp³-hybridized carbons (Fsp3) is 0.375. The van der Waals surface area contributed by atoms with Gasteiger partial charge in [-0.1, -0.05) is 35.4 Å². The number of hydrogen-bond donors (Lipinski definition) is 1. The molecule has 1 aromatic carbocycles. The fourth-order valence-electron chi connectivity index (χ4n) is 2.32. The number of nitrogens with zero attached hydrogens (tertiary/aromatic N) is 1. The Balaban J connectivity index is 1.83. The molecule has 4 nitrogen and oxygen atoms in total. The zero-order valence-electron chi connectivity index (χ0n) is 12.3. The Bertz CT molecular complexity index is 602. The van der Waals surface area contributed by atoms with Gasteiger partial charge in [-0.25, -0.2) is 0 Å². The maximum Gasteiger partial charge on any atom is 0.243 e. The van der Waals surface area contributed by atoms with Crippen LogP contribution in [0.4, 0.5) is 5.69 Å². The predicted molar refractivity (Wildman–Crippen MR) is 89.2 cm³/mol. The Morgan fingerprint density at radius 1 is 1.32 bits per heavy atom. The Morgan fingerprint density at radius 2 is 2.09 bits per heavy atom. The van der Waals surface area contributed by atoms with Gasteiger partial charge in [0.2, 0.25) is 11.8 Å². The van der Waals surface area contributed by atoms with Gasteiger partial charge in [-0.3, -0.25) is 9.59 Å². The summed E-state index contributed by atoms with van der Waals surface area (Å²) >= 11 is 11.7. The van der Waals surface area contributed by atoms with Gasteiger partial charge in [-0.05, 0) is 37.0 Å². The smallest absolute Gasteiger partial charge is 0.243 e. The number of nitrogens with one attached hydrogen (secondary N) is 1. The Morgan fingerprint density at radius 3 is 2.73 bits per heavy atom. The summed E-state index contributed by atoms with van der Waals surface area (Å²) in [7, 11) is 1.63. The highest BCUT2D eigenvalue weighted by atomic mass is 35.5. The molecule has 1 aromatic rings. The maximum atomic E-state index is 12.1. The van der Waals surface area contributed by atoms with Crippen molar-refractivity contribution < 1.29 is 9.59 Å². The van der Waals surface area contributed by atoms with Crippen molar-refractivity contribution >= 4 is 40.7 Å². The lowest BCUT2D eigenvalue weighted by molar-refractivity contribution is -0.133. The van der Waals surface area contributed by atoms with Gasteiger partial charge < -0.3 is 10.2 Å². The van der Waals surface area contributed by atoms with Crippen LogP contribution >= 0.6 is 23.2 Å². The molecule has 0 bridgehead atoms. The topological polar surface area (TPSA) is 49.4 Å². The first-order valence-corrected chi connectivity index (χ1v) is 7.87. The largest absolute Gasteiger partial charge is 0.336 e. The number of carbonyl (C=O) groups is 2. The van der Waals surface area contributed by atoms with Crippen LogP contribution in [0, 0.1) is 5.92 Å². The van der Waals surface area contributed by atoms with Gasteiger partial charge in [0.25, 0.3) is 0 Å². The van der Waals surface area contributed by atoms with Crippen LogP contribution in [0.2, 0.25) is 10.0 Å². The van der Waals surface area contributed by atoms with E-state index in [1.807, 2.05) is 0 Å². The Hall–Kier alpha value is -1.52. The fourth-order valence-corrected chi connectivity index (χ4v) is 2.62. The number of hydrogen-bond acceptors (Lipinski definition) is 2. The lowest BCUT2D eigenvalue weighted by Crippen LogP contribution is -2.35. The summed E-state index contributed by atoms with van der Waals surface area (Å²) in [5.74, 6) is 0.00475.